The van der Waals surface area contributed by atoms with E-state index in [1.165, 1.54) is 0 Å². The second-order valence-corrected chi connectivity index (χ2v) is 10.4. The fraction of sp³-hybridized carbons (Fsp3) is 0.355. The third-order valence-corrected chi connectivity index (χ3v) is 7.91. The van der Waals surface area contributed by atoms with Crippen molar-refractivity contribution in [2.45, 2.75) is 32.0 Å². The molecule has 0 aliphatic carbocycles. The summed E-state index contributed by atoms with van der Waals surface area (Å²) < 4.78 is 17.9. The van der Waals surface area contributed by atoms with Crippen LogP contribution in [-0.4, -0.2) is 62.5 Å². The molecule has 2 saturated heterocycles. The van der Waals surface area contributed by atoms with Crippen LogP contribution in [0, 0.1) is 0 Å². The van der Waals surface area contributed by atoms with E-state index in [0.717, 1.165) is 17.0 Å². The van der Waals surface area contributed by atoms with Crippen LogP contribution in [0.2, 0.25) is 0 Å². The zero-order chi connectivity index (χ0) is 27.9. The van der Waals surface area contributed by atoms with Gasteiger partial charge in [-0.05, 0) is 50.2 Å². The lowest BCUT2D eigenvalue weighted by molar-refractivity contribution is 0.0343. The van der Waals surface area contributed by atoms with Crippen molar-refractivity contribution in [3.05, 3.63) is 77.9 Å². The standard InChI is InChI=1S/C31H34N4O5/c1-4-39-27-14-8-11-23-24-20-31(2,40-28(23)27)35(30(37)32-24)22-10-7-9-21(19-22)29(36)34-17-15-33(16-18-34)25-12-5-6-13-26(25)38-3/h5-14,19,24H,4,15-18,20H2,1-3H3,(H,32,37)/t24-,31+/m1/s1. The van der Waals surface area contributed by atoms with Crippen molar-refractivity contribution in [2.75, 3.05) is 49.7 Å². The lowest BCUT2D eigenvalue weighted by Gasteiger charge is -2.50. The number of rotatable bonds is 6. The number of hydrogen-bond acceptors (Lipinski definition) is 6. The van der Waals surface area contributed by atoms with Gasteiger partial charge in [-0.1, -0.05) is 30.3 Å². The summed E-state index contributed by atoms with van der Waals surface area (Å²) in [5.74, 6) is 2.07. The average Bonchev–Trinajstić information content (AvgIpc) is 2.97. The molecule has 0 unspecified atom stereocenters. The highest BCUT2D eigenvalue weighted by molar-refractivity contribution is 5.99. The molecule has 0 spiro atoms. The molecule has 2 bridgehead atoms. The van der Waals surface area contributed by atoms with Crippen molar-refractivity contribution in [2.24, 2.45) is 0 Å². The maximum atomic E-state index is 13.6. The Hall–Kier alpha value is -4.40. The quantitative estimate of drug-likeness (QED) is 0.481. The fourth-order valence-corrected chi connectivity index (χ4v) is 6.02. The van der Waals surface area contributed by atoms with E-state index in [4.69, 9.17) is 14.2 Å². The second kappa shape index (κ2) is 10.3. The number of fused-ring (bicyclic) bond motifs is 4. The minimum atomic E-state index is -0.949. The van der Waals surface area contributed by atoms with E-state index in [2.05, 4.69) is 10.2 Å². The number of ether oxygens (including phenoxy) is 3. The van der Waals surface area contributed by atoms with E-state index < -0.39 is 5.72 Å². The minimum absolute atomic E-state index is 0.0597. The number of amides is 3. The van der Waals surface area contributed by atoms with Crippen LogP contribution in [-0.2, 0) is 0 Å². The number of methoxy groups -OCH3 is 1. The van der Waals surface area contributed by atoms with Crippen molar-refractivity contribution in [3.8, 4) is 17.2 Å². The van der Waals surface area contributed by atoms with Gasteiger partial charge in [0.05, 0.1) is 31.1 Å². The Bertz CT molecular complexity index is 1440. The van der Waals surface area contributed by atoms with Crippen LogP contribution in [0.1, 0.15) is 42.2 Å². The number of benzene rings is 3. The van der Waals surface area contributed by atoms with Gasteiger partial charge in [-0.25, -0.2) is 4.79 Å². The van der Waals surface area contributed by atoms with Gasteiger partial charge in [-0.3, -0.25) is 9.69 Å². The molecular formula is C31H34N4O5. The largest absolute Gasteiger partial charge is 0.495 e. The number of para-hydroxylation sites is 3. The predicted molar refractivity (Wildman–Crippen MR) is 153 cm³/mol. The summed E-state index contributed by atoms with van der Waals surface area (Å²) in [5.41, 5.74) is 2.13. The van der Waals surface area contributed by atoms with Crippen LogP contribution in [0.5, 0.6) is 17.2 Å². The first-order valence-corrected chi connectivity index (χ1v) is 13.7. The Balaban J connectivity index is 1.22. The van der Waals surface area contributed by atoms with Gasteiger partial charge in [-0.15, -0.1) is 0 Å². The zero-order valence-electron chi connectivity index (χ0n) is 23.1. The summed E-state index contributed by atoms with van der Waals surface area (Å²) in [6.45, 7) is 6.93. The molecule has 2 fully saturated rings. The number of anilines is 2. The molecule has 40 heavy (non-hydrogen) atoms. The number of carbonyl (C=O) groups excluding carboxylic acids is 2. The molecule has 3 aromatic rings. The zero-order valence-corrected chi connectivity index (χ0v) is 23.1. The molecule has 208 valence electrons. The first-order chi connectivity index (χ1) is 19.4. The molecule has 9 nitrogen and oxygen atoms in total. The van der Waals surface area contributed by atoms with Crippen LogP contribution in [0.3, 0.4) is 0 Å². The summed E-state index contributed by atoms with van der Waals surface area (Å²) in [4.78, 5) is 32.7. The maximum Gasteiger partial charge on any atom is 0.325 e. The highest BCUT2D eigenvalue weighted by Crippen LogP contribution is 2.49. The maximum absolute atomic E-state index is 13.6. The third kappa shape index (κ3) is 4.45. The summed E-state index contributed by atoms with van der Waals surface area (Å²) in [5, 5.41) is 3.13. The highest BCUT2D eigenvalue weighted by atomic mass is 16.5. The number of urea groups is 1. The number of carbonyl (C=O) groups is 2. The molecule has 0 radical (unpaired) electrons. The van der Waals surface area contributed by atoms with Crippen LogP contribution in [0.15, 0.2) is 66.7 Å². The smallest absolute Gasteiger partial charge is 0.325 e. The van der Waals surface area contributed by atoms with Gasteiger partial charge in [0, 0.05) is 43.7 Å². The van der Waals surface area contributed by atoms with E-state index in [-0.39, 0.29) is 18.0 Å². The number of nitrogens with one attached hydrogen (secondary N) is 1. The molecule has 3 aromatic carbocycles. The van der Waals surface area contributed by atoms with Crippen molar-refractivity contribution in [1.82, 2.24) is 10.2 Å². The normalized spacial score (nSPS) is 21.7. The van der Waals surface area contributed by atoms with Crippen molar-refractivity contribution in [3.63, 3.8) is 0 Å². The molecule has 3 heterocycles. The Kier molecular flexibility index (Phi) is 6.65. The molecule has 6 rings (SSSR count). The van der Waals surface area contributed by atoms with E-state index in [0.29, 0.717) is 62.0 Å². The van der Waals surface area contributed by atoms with E-state index >= 15 is 0 Å². The van der Waals surface area contributed by atoms with Gasteiger partial charge in [0.25, 0.3) is 5.91 Å². The molecule has 1 N–H and O–H groups in total. The van der Waals surface area contributed by atoms with Gasteiger partial charge in [-0.2, -0.15) is 0 Å². The van der Waals surface area contributed by atoms with Crippen LogP contribution < -0.4 is 29.3 Å². The molecule has 9 heteroatoms. The van der Waals surface area contributed by atoms with Gasteiger partial charge >= 0.3 is 6.03 Å². The lowest BCUT2D eigenvalue weighted by atomic mass is 9.89. The molecule has 0 aromatic heterocycles. The van der Waals surface area contributed by atoms with Gasteiger partial charge in [0.2, 0.25) is 0 Å². The predicted octanol–water partition coefficient (Wildman–Crippen LogP) is 4.83. The molecule has 0 saturated carbocycles. The summed E-state index contributed by atoms with van der Waals surface area (Å²) in [6.07, 6.45) is 0.560. The molecule has 2 atom stereocenters. The van der Waals surface area contributed by atoms with Gasteiger partial charge in [0.15, 0.2) is 17.2 Å². The number of hydrogen-bond donors (Lipinski definition) is 1. The molecule has 3 amide bonds. The van der Waals surface area contributed by atoms with Crippen molar-refractivity contribution in [1.29, 1.82) is 0 Å². The number of nitrogens with zero attached hydrogens (tertiary/aromatic N) is 3. The summed E-state index contributed by atoms with van der Waals surface area (Å²) in [6, 6.07) is 20.5. The van der Waals surface area contributed by atoms with Crippen molar-refractivity contribution >= 4 is 23.3 Å². The highest BCUT2D eigenvalue weighted by Gasteiger charge is 2.50. The van der Waals surface area contributed by atoms with Crippen LogP contribution in [0.25, 0.3) is 0 Å². The van der Waals surface area contributed by atoms with E-state index in [1.807, 2.05) is 73.3 Å². The van der Waals surface area contributed by atoms with E-state index in [1.54, 1.807) is 24.1 Å². The third-order valence-electron chi connectivity index (χ3n) is 7.91. The second-order valence-electron chi connectivity index (χ2n) is 10.4. The fourth-order valence-electron chi connectivity index (χ4n) is 6.02. The Labute approximate surface area is 234 Å². The first-order valence-electron chi connectivity index (χ1n) is 13.7. The summed E-state index contributed by atoms with van der Waals surface area (Å²) >= 11 is 0. The van der Waals surface area contributed by atoms with Crippen LogP contribution in [0.4, 0.5) is 16.2 Å². The monoisotopic (exact) mass is 542 g/mol. The van der Waals surface area contributed by atoms with Gasteiger partial charge < -0.3 is 29.3 Å². The van der Waals surface area contributed by atoms with Crippen molar-refractivity contribution < 1.29 is 23.8 Å². The minimum Gasteiger partial charge on any atom is -0.495 e. The Morgan fingerprint density at radius 2 is 1.77 bits per heavy atom. The summed E-state index contributed by atoms with van der Waals surface area (Å²) in [7, 11) is 1.67. The molecule has 3 aliphatic rings. The SMILES string of the molecule is CCOc1cccc2c1O[C@@]1(C)C[C@H]2NC(=O)N1c1cccc(C(=O)N2CCN(c3ccccc3OC)CC2)c1. The lowest BCUT2D eigenvalue weighted by Crippen LogP contribution is -2.65. The first kappa shape index (κ1) is 25.9. The Morgan fingerprint density at radius 3 is 2.55 bits per heavy atom. The van der Waals surface area contributed by atoms with E-state index in [9.17, 15) is 9.59 Å². The number of piperazine rings is 1. The van der Waals surface area contributed by atoms with Gasteiger partial charge in [0.1, 0.15) is 5.75 Å². The van der Waals surface area contributed by atoms with Crippen LogP contribution >= 0.6 is 0 Å². The molecular weight excluding hydrogens is 508 g/mol. The topological polar surface area (TPSA) is 83.6 Å². The molecule has 3 aliphatic heterocycles. The Morgan fingerprint density at radius 1 is 1.02 bits per heavy atom. The average molecular weight is 543 g/mol.